The normalized spacial score (nSPS) is 14.2. The zero-order valence-electron chi connectivity index (χ0n) is 18.9. The summed E-state index contributed by atoms with van der Waals surface area (Å²) in [5, 5.41) is 9.73. The van der Waals surface area contributed by atoms with Crippen molar-refractivity contribution in [3.05, 3.63) is 66.3 Å². The number of nitrogens with one attached hydrogen (secondary N) is 2. The van der Waals surface area contributed by atoms with Crippen LogP contribution in [0, 0.1) is 0 Å². The molecule has 0 bridgehead atoms. The minimum absolute atomic E-state index is 0.0746. The molecule has 0 radical (unpaired) electrons. The van der Waals surface area contributed by atoms with E-state index >= 15 is 0 Å². The van der Waals surface area contributed by atoms with Crippen molar-refractivity contribution in [3.8, 4) is 0 Å². The number of benzene rings is 1. The number of para-hydroxylation sites is 1. The van der Waals surface area contributed by atoms with Gasteiger partial charge in [-0.25, -0.2) is 5.01 Å². The molecule has 1 aromatic carbocycles. The van der Waals surface area contributed by atoms with Crippen molar-refractivity contribution in [2.24, 2.45) is 0 Å². The molecule has 0 unspecified atom stereocenters. The molecule has 7 heteroatoms. The summed E-state index contributed by atoms with van der Waals surface area (Å²) in [5.74, 6) is -0.182. The number of rotatable bonds is 12. The molecule has 1 heterocycles. The van der Waals surface area contributed by atoms with Gasteiger partial charge in [-0.1, -0.05) is 49.9 Å². The van der Waals surface area contributed by atoms with Gasteiger partial charge in [-0.15, -0.1) is 0 Å². The topological polar surface area (TPSA) is 67.9 Å². The third kappa shape index (κ3) is 7.38. The average molecular weight is 426 g/mol. The van der Waals surface area contributed by atoms with Crippen LogP contribution in [0.15, 0.2) is 66.3 Å². The summed E-state index contributed by atoms with van der Waals surface area (Å²) >= 11 is 0. The van der Waals surface area contributed by atoms with Crippen molar-refractivity contribution in [1.82, 2.24) is 20.7 Å². The van der Waals surface area contributed by atoms with E-state index in [2.05, 4.69) is 23.3 Å². The number of carbonyl (C=O) groups excluding carboxylic acids is 2. The third-order valence-electron chi connectivity index (χ3n) is 5.17. The van der Waals surface area contributed by atoms with Crippen molar-refractivity contribution in [2.75, 3.05) is 57.8 Å². The minimum Gasteiger partial charge on any atom is -0.353 e. The third-order valence-corrected chi connectivity index (χ3v) is 5.17. The van der Waals surface area contributed by atoms with E-state index in [1.165, 1.54) is 0 Å². The monoisotopic (exact) mass is 425 g/mol. The first-order valence-corrected chi connectivity index (χ1v) is 10.8. The molecule has 0 aliphatic carbocycles. The number of carbonyl (C=O) groups is 2. The number of hydrogen-bond donors (Lipinski definition) is 2. The Balaban J connectivity index is 2.02. The summed E-state index contributed by atoms with van der Waals surface area (Å²) in [6.45, 7) is 11.6. The van der Waals surface area contributed by atoms with Crippen LogP contribution in [0.1, 0.15) is 13.8 Å². The van der Waals surface area contributed by atoms with Crippen molar-refractivity contribution in [1.29, 1.82) is 0 Å². The van der Waals surface area contributed by atoms with E-state index in [4.69, 9.17) is 0 Å². The highest BCUT2D eigenvalue weighted by Gasteiger charge is 2.26. The van der Waals surface area contributed by atoms with E-state index in [1.54, 1.807) is 12.1 Å². The van der Waals surface area contributed by atoms with Crippen LogP contribution < -0.4 is 15.5 Å². The summed E-state index contributed by atoms with van der Waals surface area (Å²) in [6.07, 6.45) is 5.90. The Kier molecular flexibility index (Phi) is 10.00. The molecule has 0 atom stereocenters. The Morgan fingerprint density at radius 1 is 1.13 bits per heavy atom. The van der Waals surface area contributed by atoms with Crippen LogP contribution in [-0.2, 0) is 9.59 Å². The first-order valence-electron chi connectivity index (χ1n) is 10.8. The first kappa shape index (κ1) is 24.4. The molecule has 0 saturated heterocycles. The second kappa shape index (κ2) is 12.7. The van der Waals surface area contributed by atoms with Gasteiger partial charge in [-0.2, -0.15) is 0 Å². The first-order chi connectivity index (χ1) is 15.0. The molecular formula is C24H35N5O2. The Bertz CT molecular complexity index is 803. The quantitative estimate of drug-likeness (QED) is 0.501. The van der Waals surface area contributed by atoms with Gasteiger partial charge in [0.25, 0.3) is 5.91 Å². The maximum absolute atomic E-state index is 13.1. The van der Waals surface area contributed by atoms with Crippen molar-refractivity contribution < 1.29 is 9.59 Å². The van der Waals surface area contributed by atoms with Gasteiger partial charge in [0, 0.05) is 38.9 Å². The van der Waals surface area contributed by atoms with Gasteiger partial charge < -0.3 is 15.5 Å². The molecule has 31 heavy (non-hydrogen) atoms. The second-order valence-electron chi connectivity index (χ2n) is 7.39. The fourth-order valence-electron chi connectivity index (χ4n) is 3.42. The molecule has 0 aromatic heterocycles. The van der Waals surface area contributed by atoms with E-state index in [0.717, 1.165) is 29.9 Å². The number of anilines is 1. The van der Waals surface area contributed by atoms with Crippen LogP contribution in [-0.4, -0.2) is 74.7 Å². The second-order valence-corrected chi connectivity index (χ2v) is 7.39. The van der Waals surface area contributed by atoms with Crippen molar-refractivity contribution in [2.45, 2.75) is 13.8 Å². The Labute approximate surface area is 186 Å². The van der Waals surface area contributed by atoms with E-state index in [-0.39, 0.29) is 24.9 Å². The van der Waals surface area contributed by atoms with Crippen LogP contribution in [0.25, 0.3) is 0 Å². The van der Waals surface area contributed by atoms with E-state index in [1.807, 2.05) is 66.2 Å². The maximum atomic E-state index is 13.1. The van der Waals surface area contributed by atoms with Crippen LogP contribution in [0.4, 0.5) is 5.69 Å². The predicted octanol–water partition coefficient (Wildman–Crippen LogP) is 1.97. The largest absolute Gasteiger partial charge is 0.353 e. The highest BCUT2D eigenvalue weighted by molar-refractivity contribution is 5.86. The zero-order valence-corrected chi connectivity index (χ0v) is 18.9. The van der Waals surface area contributed by atoms with Gasteiger partial charge in [-0.05, 0) is 36.7 Å². The lowest BCUT2D eigenvalue weighted by Crippen LogP contribution is -2.49. The predicted molar refractivity (Wildman–Crippen MR) is 127 cm³/mol. The number of hydrazine groups is 1. The summed E-state index contributed by atoms with van der Waals surface area (Å²) < 4.78 is 0. The highest BCUT2D eigenvalue weighted by atomic mass is 16.2. The molecule has 1 aliphatic heterocycles. The summed E-state index contributed by atoms with van der Waals surface area (Å²) in [4.78, 5) is 27.4. The molecule has 1 aromatic rings. The summed E-state index contributed by atoms with van der Waals surface area (Å²) in [5.41, 5.74) is 3.13. The van der Waals surface area contributed by atoms with Gasteiger partial charge in [-0.3, -0.25) is 14.6 Å². The highest BCUT2D eigenvalue weighted by Crippen LogP contribution is 2.21. The Hall–Kier alpha value is -2.90. The number of allylic oxidation sites excluding steroid dienone is 1. The molecule has 2 rings (SSSR count). The molecule has 2 amide bonds. The standard InChI is InChI=1S/C24H35N5O2/c1-5-11-21-17-29(16-20(21)6-2)27(4)24(31)19-28(22-12-9-8-10-13-22)18-23(30)26-15-14-25-7-3/h5-6,8-13,25H,2,7,14-19H2,1,3-4H3,(H,26,30)/b11-5-. The fourth-order valence-corrected chi connectivity index (χ4v) is 3.42. The average Bonchev–Trinajstić information content (AvgIpc) is 3.19. The number of likely N-dealkylation sites (N-methyl/N-ethyl adjacent to an activating group) is 2. The summed E-state index contributed by atoms with van der Waals surface area (Å²) in [6, 6.07) is 9.56. The van der Waals surface area contributed by atoms with Crippen LogP contribution in [0.2, 0.25) is 0 Å². The van der Waals surface area contributed by atoms with Gasteiger partial charge >= 0.3 is 0 Å². The molecule has 7 nitrogen and oxygen atoms in total. The lowest BCUT2D eigenvalue weighted by atomic mass is 10.1. The SMILES string of the molecule is C=CC1=C(/C=C\C)CN(N(C)C(=O)CN(CC(=O)NCCNCC)c2ccccc2)C1. The minimum atomic E-state index is -0.107. The molecule has 168 valence electrons. The number of amides is 2. The molecule has 0 saturated carbocycles. The van der Waals surface area contributed by atoms with Crippen molar-refractivity contribution in [3.63, 3.8) is 0 Å². The fraction of sp³-hybridized carbons (Fsp3) is 0.417. The number of nitrogens with zero attached hydrogens (tertiary/aromatic N) is 3. The molecule has 0 spiro atoms. The van der Waals surface area contributed by atoms with Crippen molar-refractivity contribution >= 4 is 17.5 Å². The summed E-state index contributed by atoms with van der Waals surface area (Å²) in [7, 11) is 1.78. The van der Waals surface area contributed by atoms with Gasteiger partial charge in [0.2, 0.25) is 5.91 Å². The Morgan fingerprint density at radius 3 is 2.48 bits per heavy atom. The van der Waals surface area contributed by atoms with Gasteiger partial charge in [0.05, 0.1) is 13.1 Å². The lowest BCUT2D eigenvalue weighted by molar-refractivity contribution is -0.142. The van der Waals surface area contributed by atoms with E-state index < -0.39 is 0 Å². The van der Waals surface area contributed by atoms with Crippen LogP contribution in [0.3, 0.4) is 0 Å². The Morgan fingerprint density at radius 2 is 1.84 bits per heavy atom. The smallest absolute Gasteiger partial charge is 0.256 e. The molecular weight excluding hydrogens is 390 g/mol. The molecule has 0 fully saturated rings. The van der Waals surface area contributed by atoms with Gasteiger partial charge in [0.15, 0.2) is 0 Å². The zero-order chi connectivity index (χ0) is 22.6. The maximum Gasteiger partial charge on any atom is 0.256 e. The van der Waals surface area contributed by atoms with Crippen LogP contribution >= 0.6 is 0 Å². The van der Waals surface area contributed by atoms with E-state index in [0.29, 0.717) is 19.6 Å². The van der Waals surface area contributed by atoms with E-state index in [9.17, 15) is 9.59 Å². The number of hydrogen-bond acceptors (Lipinski definition) is 5. The molecule has 2 N–H and O–H groups in total. The van der Waals surface area contributed by atoms with Gasteiger partial charge in [0.1, 0.15) is 0 Å². The lowest BCUT2D eigenvalue weighted by Gasteiger charge is -2.31. The molecule has 1 aliphatic rings. The van der Waals surface area contributed by atoms with Crippen LogP contribution in [0.5, 0.6) is 0 Å².